The van der Waals surface area contributed by atoms with Gasteiger partial charge in [0.25, 0.3) is 5.91 Å². The SMILES string of the molecule is O=C(c1ccccc1)N1CCCC(NS(=O)(=O)c2ccc(S(=O)(=O)N3CCCC3)cc2)C1. The van der Waals surface area contributed by atoms with Gasteiger partial charge in [-0.05, 0) is 62.1 Å². The van der Waals surface area contributed by atoms with Gasteiger partial charge in [-0.25, -0.2) is 21.6 Å². The van der Waals surface area contributed by atoms with Crippen LogP contribution in [0.4, 0.5) is 0 Å². The van der Waals surface area contributed by atoms with Crippen LogP contribution >= 0.6 is 0 Å². The van der Waals surface area contributed by atoms with Crippen LogP contribution in [0.25, 0.3) is 0 Å². The molecule has 2 fully saturated rings. The van der Waals surface area contributed by atoms with Gasteiger partial charge in [0.2, 0.25) is 20.0 Å². The van der Waals surface area contributed by atoms with E-state index in [1.54, 1.807) is 29.2 Å². The van der Waals surface area contributed by atoms with Gasteiger partial charge in [0.05, 0.1) is 9.79 Å². The highest BCUT2D eigenvalue weighted by atomic mass is 32.2. The van der Waals surface area contributed by atoms with E-state index in [2.05, 4.69) is 4.72 Å². The summed E-state index contributed by atoms with van der Waals surface area (Å²) in [7, 11) is -7.45. The molecule has 2 heterocycles. The van der Waals surface area contributed by atoms with Crippen molar-refractivity contribution < 1.29 is 21.6 Å². The molecule has 1 unspecified atom stereocenters. The molecule has 0 saturated carbocycles. The first-order valence-corrected chi connectivity index (χ1v) is 13.7. The molecule has 0 bridgehead atoms. The summed E-state index contributed by atoms with van der Waals surface area (Å²) in [5, 5.41) is 0. The first-order chi connectivity index (χ1) is 15.3. The molecule has 2 aliphatic rings. The highest BCUT2D eigenvalue weighted by Gasteiger charge is 2.30. The van der Waals surface area contributed by atoms with E-state index in [1.807, 2.05) is 6.07 Å². The van der Waals surface area contributed by atoms with Gasteiger partial charge >= 0.3 is 0 Å². The van der Waals surface area contributed by atoms with Crippen LogP contribution in [0, 0.1) is 0 Å². The fourth-order valence-electron chi connectivity index (χ4n) is 4.18. The molecule has 2 aromatic carbocycles. The number of likely N-dealkylation sites (tertiary alicyclic amines) is 1. The summed E-state index contributed by atoms with van der Waals surface area (Å²) in [4.78, 5) is 14.5. The number of rotatable bonds is 6. The maximum atomic E-state index is 12.9. The molecule has 10 heteroatoms. The predicted octanol–water partition coefficient (Wildman–Crippen LogP) is 2.05. The molecule has 8 nitrogen and oxygen atoms in total. The summed E-state index contributed by atoms with van der Waals surface area (Å²) in [6.45, 7) is 1.84. The number of benzene rings is 2. The monoisotopic (exact) mass is 477 g/mol. The van der Waals surface area contributed by atoms with E-state index in [0.717, 1.165) is 12.8 Å². The zero-order valence-electron chi connectivity index (χ0n) is 17.7. The third-order valence-electron chi connectivity index (χ3n) is 5.89. The average Bonchev–Trinajstić information content (AvgIpc) is 3.35. The van der Waals surface area contributed by atoms with Crippen molar-refractivity contribution in [3.8, 4) is 0 Å². The molecule has 2 aliphatic heterocycles. The number of carbonyl (C=O) groups is 1. The van der Waals surface area contributed by atoms with Crippen molar-refractivity contribution in [3.05, 3.63) is 60.2 Å². The van der Waals surface area contributed by atoms with E-state index in [0.29, 0.717) is 38.0 Å². The molecule has 4 rings (SSSR count). The molecule has 32 heavy (non-hydrogen) atoms. The Balaban J connectivity index is 1.44. The summed E-state index contributed by atoms with van der Waals surface area (Å²) in [5.74, 6) is -0.119. The number of nitrogens with zero attached hydrogens (tertiary/aromatic N) is 2. The van der Waals surface area contributed by atoms with Crippen molar-refractivity contribution in [1.29, 1.82) is 0 Å². The second kappa shape index (κ2) is 9.30. The molecule has 0 aliphatic carbocycles. The lowest BCUT2D eigenvalue weighted by Crippen LogP contribution is -2.49. The lowest BCUT2D eigenvalue weighted by Gasteiger charge is -2.33. The van der Waals surface area contributed by atoms with Gasteiger partial charge in [-0.1, -0.05) is 18.2 Å². The maximum Gasteiger partial charge on any atom is 0.253 e. The molecule has 1 atom stereocenters. The smallest absolute Gasteiger partial charge is 0.253 e. The van der Waals surface area contributed by atoms with Crippen LogP contribution in [0.5, 0.6) is 0 Å². The zero-order valence-corrected chi connectivity index (χ0v) is 19.3. The van der Waals surface area contributed by atoms with Crippen LogP contribution in [0.1, 0.15) is 36.0 Å². The van der Waals surface area contributed by atoms with Crippen molar-refractivity contribution in [3.63, 3.8) is 0 Å². The van der Waals surface area contributed by atoms with E-state index >= 15 is 0 Å². The number of hydrogen-bond acceptors (Lipinski definition) is 5. The fraction of sp³-hybridized carbons (Fsp3) is 0.409. The number of carbonyl (C=O) groups excluding carboxylic acids is 1. The standard InChI is InChI=1S/C22H27N3O5S2/c26-22(18-7-2-1-3-8-18)24-14-6-9-19(17-24)23-31(27,28)20-10-12-21(13-11-20)32(29,30)25-15-4-5-16-25/h1-3,7-8,10-13,19,23H,4-6,9,14-17H2. The Morgan fingerprint density at radius 2 is 1.44 bits per heavy atom. The molecule has 2 aromatic rings. The topological polar surface area (TPSA) is 104 Å². The number of hydrogen-bond donors (Lipinski definition) is 1. The maximum absolute atomic E-state index is 12.9. The van der Waals surface area contributed by atoms with Gasteiger partial charge in [-0.2, -0.15) is 4.31 Å². The lowest BCUT2D eigenvalue weighted by molar-refractivity contribution is 0.0703. The van der Waals surface area contributed by atoms with Crippen molar-refractivity contribution in [1.82, 2.24) is 13.9 Å². The largest absolute Gasteiger partial charge is 0.337 e. The van der Waals surface area contributed by atoms with Crippen molar-refractivity contribution in [2.24, 2.45) is 0 Å². The van der Waals surface area contributed by atoms with Gasteiger partial charge in [-0.3, -0.25) is 4.79 Å². The Morgan fingerprint density at radius 3 is 2.09 bits per heavy atom. The van der Waals surface area contributed by atoms with Gasteiger partial charge in [0.15, 0.2) is 0 Å². The highest BCUT2D eigenvalue weighted by Crippen LogP contribution is 2.23. The van der Waals surface area contributed by atoms with Gasteiger partial charge < -0.3 is 4.90 Å². The summed E-state index contributed by atoms with van der Waals surface area (Å²) in [6, 6.07) is 13.8. The minimum Gasteiger partial charge on any atom is -0.337 e. The fourth-order valence-corrected chi connectivity index (χ4v) is 6.96. The summed E-state index contributed by atoms with van der Waals surface area (Å²) in [5.41, 5.74) is 0.575. The lowest BCUT2D eigenvalue weighted by atomic mass is 10.1. The van der Waals surface area contributed by atoms with Crippen LogP contribution in [-0.4, -0.2) is 64.2 Å². The van der Waals surface area contributed by atoms with Crippen LogP contribution in [-0.2, 0) is 20.0 Å². The van der Waals surface area contributed by atoms with E-state index in [1.165, 1.54) is 28.6 Å². The first-order valence-electron chi connectivity index (χ1n) is 10.7. The van der Waals surface area contributed by atoms with E-state index in [-0.39, 0.29) is 22.2 Å². The van der Waals surface area contributed by atoms with Crippen LogP contribution in [0.2, 0.25) is 0 Å². The predicted molar refractivity (Wildman–Crippen MR) is 120 cm³/mol. The first kappa shape index (κ1) is 22.9. The zero-order chi connectivity index (χ0) is 22.8. The van der Waals surface area contributed by atoms with Crippen molar-refractivity contribution >= 4 is 26.0 Å². The van der Waals surface area contributed by atoms with E-state index in [9.17, 15) is 21.6 Å². The Labute approximate surface area is 189 Å². The van der Waals surface area contributed by atoms with Crippen LogP contribution in [0.15, 0.2) is 64.4 Å². The second-order valence-corrected chi connectivity index (χ2v) is 11.8. The molecule has 1 N–H and O–H groups in total. The molecule has 2 saturated heterocycles. The number of nitrogens with one attached hydrogen (secondary N) is 1. The second-order valence-electron chi connectivity index (χ2n) is 8.16. The Morgan fingerprint density at radius 1 is 0.812 bits per heavy atom. The molecular formula is C22H27N3O5S2. The summed E-state index contributed by atoms with van der Waals surface area (Å²) in [6.07, 6.45) is 2.99. The molecular weight excluding hydrogens is 450 g/mol. The minimum absolute atomic E-state index is 0.00406. The quantitative estimate of drug-likeness (QED) is 0.686. The van der Waals surface area contributed by atoms with E-state index in [4.69, 9.17) is 0 Å². The molecule has 0 aromatic heterocycles. The third kappa shape index (κ3) is 4.88. The highest BCUT2D eigenvalue weighted by molar-refractivity contribution is 7.89. The Bertz CT molecular complexity index is 1160. The van der Waals surface area contributed by atoms with E-state index < -0.39 is 26.1 Å². The Hall–Kier alpha value is -2.27. The molecule has 0 radical (unpaired) electrons. The van der Waals surface area contributed by atoms with Gasteiger partial charge in [0, 0.05) is 37.8 Å². The summed E-state index contributed by atoms with van der Waals surface area (Å²) < 4.78 is 55.2. The number of amides is 1. The van der Waals surface area contributed by atoms with Crippen LogP contribution in [0.3, 0.4) is 0 Å². The average molecular weight is 478 g/mol. The molecule has 172 valence electrons. The van der Waals surface area contributed by atoms with Crippen molar-refractivity contribution in [2.45, 2.75) is 41.5 Å². The van der Waals surface area contributed by atoms with Crippen molar-refractivity contribution in [2.75, 3.05) is 26.2 Å². The minimum atomic E-state index is -3.85. The number of piperidine rings is 1. The third-order valence-corrected chi connectivity index (χ3v) is 9.34. The normalized spacial score (nSPS) is 20.4. The molecule has 1 amide bonds. The van der Waals surface area contributed by atoms with Gasteiger partial charge in [-0.15, -0.1) is 0 Å². The van der Waals surface area contributed by atoms with Gasteiger partial charge in [0.1, 0.15) is 0 Å². The summed E-state index contributed by atoms with van der Waals surface area (Å²) >= 11 is 0. The van der Waals surface area contributed by atoms with Crippen LogP contribution < -0.4 is 4.72 Å². The number of sulfonamides is 2. The molecule has 0 spiro atoms. The Kier molecular flexibility index (Phi) is 6.66.